The van der Waals surface area contributed by atoms with E-state index in [4.69, 9.17) is 28.3 Å². The zero-order valence-corrected chi connectivity index (χ0v) is 16.6. The van der Waals surface area contributed by atoms with Crippen LogP contribution in [-0.4, -0.2) is 17.8 Å². The summed E-state index contributed by atoms with van der Waals surface area (Å²) in [5.74, 6) is -0.742. The molecule has 0 aromatic heterocycles. The quantitative estimate of drug-likeness (QED) is 0.357. The molecule has 3 nitrogen and oxygen atoms in total. The number of benzene rings is 2. The Kier molecular flexibility index (Phi) is 9.19. The van der Waals surface area contributed by atoms with Crippen molar-refractivity contribution in [3.05, 3.63) is 57.6 Å². The predicted octanol–water partition coefficient (Wildman–Crippen LogP) is 6.86. The summed E-state index contributed by atoms with van der Waals surface area (Å²) in [4.78, 5) is 0. The highest BCUT2D eigenvalue weighted by molar-refractivity contribution is 9.08. The van der Waals surface area contributed by atoms with Gasteiger partial charge in [-0.2, -0.15) is 0 Å². The minimum Gasteiger partial charge on any atom is -0.406 e. The van der Waals surface area contributed by atoms with Crippen LogP contribution in [0.25, 0.3) is 0 Å². The summed E-state index contributed by atoms with van der Waals surface area (Å²) in [5, 5.41) is 9.40. The Hall–Kier alpha value is -1.36. The van der Waals surface area contributed by atoms with Gasteiger partial charge in [0.15, 0.2) is 0 Å². The van der Waals surface area contributed by atoms with Crippen molar-refractivity contribution in [3.63, 3.8) is 0 Å². The van der Waals surface area contributed by atoms with Gasteiger partial charge in [-0.3, -0.25) is 0 Å². The fourth-order valence-corrected chi connectivity index (χ4v) is 2.61. The van der Waals surface area contributed by atoms with Gasteiger partial charge in [-0.1, -0.05) is 39.1 Å². The second kappa shape index (κ2) is 10.4. The number of aliphatic hydroxyl groups is 1. The molecule has 0 aliphatic heterocycles. The average molecular weight is 516 g/mol. The third-order valence-electron chi connectivity index (χ3n) is 2.67. The van der Waals surface area contributed by atoms with Crippen LogP contribution >= 0.6 is 39.1 Å². The Balaban J connectivity index is 0.000000280. The van der Waals surface area contributed by atoms with Crippen LogP contribution in [0, 0.1) is 0 Å². The standard InChI is InChI=1S/C8H5BrClF3O.C8H6ClF3O2/c9-4-5-1-6(10)3-7(2-5)14-8(11,12)13;9-6-1-5(4-13)2-7(3-6)14-8(10,11)12/h1-3H,4H2;1-3,13H,4H2. The van der Waals surface area contributed by atoms with Gasteiger partial charge in [0, 0.05) is 15.4 Å². The zero-order valence-electron chi connectivity index (χ0n) is 13.5. The highest BCUT2D eigenvalue weighted by atomic mass is 79.9. The molecule has 28 heavy (non-hydrogen) atoms. The summed E-state index contributed by atoms with van der Waals surface area (Å²) < 4.78 is 78.2. The van der Waals surface area contributed by atoms with E-state index in [1.54, 1.807) is 6.07 Å². The Labute approximate surface area is 173 Å². The number of ether oxygens (including phenoxy) is 2. The van der Waals surface area contributed by atoms with E-state index >= 15 is 0 Å². The number of aliphatic hydroxyl groups excluding tert-OH is 1. The van der Waals surface area contributed by atoms with E-state index in [2.05, 4.69) is 25.4 Å². The van der Waals surface area contributed by atoms with Crippen molar-refractivity contribution in [1.29, 1.82) is 0 Å². The average Bonchev–Trinajstić information content (AvgIpc) is 2.50. The second-order valence-corrected chi connectivity index (χ2v) is 6.41. The Morgan fingerprint density at radius 3 is 1.50 bits per heavy atom. The smallest absolute Gasteiger partial charge is 0.406 e. The predicted molar refractivity (Wildman–Crippen MR) is 94.8 cm³/mol. The maximum atomic E-state index is 11.8. The Bertz CT molecular complexity index is 718. The first-order valence-corrected chi connectivity index (χ1v) is 8.96. The molecule has 2 aromatic carbocycles. The van der Waals surface area contributed by atoms with Crippen molar-refractivity contribution in [3.8, 4) is 11.5 Å². The van der Waals surface area contributed by atoms with Crippen molar-refractivity contribution < 1.29 is 40.9 Å². The third kappa shape index (κ3) is 10.3. The van der Waals surface area contributed by atoms with Crippen LogP contribution in [0.3, 0.4) is 0 Å². The lowest BCUT2D eigenvalue weighted by atomic mass is 10.2. The van der Waals surface area contributed by atoms with Crippen LogP contribution < -0.4 is 9.47 Å². The van der Waals surface area contributed by atoms with Gasteiger partial charge in [0.05, 0.1) is 6.61 Å². The molecular weight excluding hydrogens is 505 g/mol. The van der Waals surface area contributed by atoms with Crippen molar-refractivity contribution in [2.24, 2.45) is 0 Å². The van der Waals surface area contributed by atoms with Gasteiger partial charge in [-0.25, -0.2) is 0 Å². The van der Waals surface area contributed by atoms with Crippen molar-refractivity contribution in [1.82, 2.24) is 0 Å². The molecule has 2 aromatic rings. The topological polar surface area (TPSA) is 38.7 Å². The molecule has 0 saturated carbocycles. The van der Waals surface area contributed by atoms with Gasteiger partial charge in [-0.15, -0.1) is 26.3 Å². The second-order valence-electron chi connectivity index (χ2n) is 4.98. The monoisotopic (exact) mass is 514 g/mol. The maximum Gasteiger partial charge on any atom is 0.573 e. The zero-order chi connectivity index (χ0) is 21.5. The first-order valence-electron chi connectivity index (χ1n) is 7.08. The van der Waals surface area contributed by atoms with Crippen molar-refractivity contribution in [2.75, 3.05) is 0 Å². The molecule has 0 radical (unpaired) electrons. The summed E-state index contributed by atoms with van der Waals surface area (Å²) in [6.07, 6.45) is -9.44. The highest BCUT2D eigenvalue weighted by Crippen LogP contribution is 2.28. The van der Waals surface area contributed by atoms with Gasteiger partial charge in [0.25, 0.3) is 0 Å². The summed E-state index contributed by atoms with van der Waals surface area (Å²) >= 11 is 14.2. The van der Waals surface area contributed by atoms with Crippen molar-refractivity contribution >= 4 is 39.1 Å². The van der Waals surface area contributed by atoms with Gasteiger partial charge in [0.1, 0.15) is 11.5 Å². The fourth-order valence-electron chi connectivity index (χ4n) is 1.80. The molecule has 0 aliphatic carbocycles. The molecule has 156 valence electrons. The molecule has 0 atom stereocenters. The van der Waals surface area contributed by atoms with Gasteiger partial charge >= 0.3 is 12.7 Å². The van der Waals surface area contributed by atoms with E-state index in [0.29, 0.717) is 10.9 Å². The normalized spacial score (nSPS) is 11.5. The largest absolute Gasteiger partial charge is 0.573 e. The summed E-state index contributed by atoms with van der Waals surface area (Å²) in [6.45, 7) is -0.394. The summed E-state index contributed by atoms with van der Waals surface area (Å²) in [5.41, 5.74) is 0.883. The molecule has 0 aliphatic rings. The minimum absolute atomic E-state index is 0.0794. The molecule has 0 unspecified atom stereocenters. The minimum atomic E-state index is -4.75. The number of hydrogen-bond donors (Lipinski definition) is 1. The van der Waals surface area contributed by atoms with E-state index in [0.717, 1.165) is 18.2 Å². The lowest BCUT2D eigenvalue weighted by molar-refractivity contribution is -0.275. The highest BCUT2D eigenvalue weighted by Gasteiger charge is 2.32. The lowest BCUT2D eigenvalue weighted by Crippen LogP contribution is -2.17. The van der Waals surface area contributed by atoms with Gasteiger partial charge < -0.3 is 14.6 Å². The molecule has 12 heteroatoms. The number of hydrogen-bond acceptors (Lipinski definition) is 3. The lowest BCUT2D eigenvalue weighted by Gasteiger charge is -2.09. The van der Waals surface area contributed by atoms with Crippen LogP contribution in [0.2, 0.25) is 10.0 Å². The molecule has 0 spiro atoms. The van der Waals surface area contributed by atoms with Gasteiger partial charge in [-0.05, 0) is 47.5 Å². The van der Waals surface area contributed by atoms with E-state index in [1.807, 2.05) is 0 Å². The van der Waals surface area contributed by atoms with E-state index < -0.39 is 25.1 Å². The molecule has 0 bridgehead atoms. The van der Waals surface area contributed by atoms with Crippen LogP contribution in [0.4, 0.5) is 26.3 Å². The summed E-state index contributed by atoms with van der Waals surface area (Å²) in [6, 6.07) is 7.38. The number of rotatable bonds is 4. The molecule has 0 amide bonds. The van der Waals surface area contributed by atoms with E-state index in [9.17, 15) is 26.3 Å². The fraction of sp³-hybridized carbons (Fsp3) is 0.250. The molecule has 0 saturated heterocycles. The SMILES string of the molecule is FC(F)(F)Oc1cc(Cl)cc(CBr)c1.OCc1cc(Cl)cc(OC(F)(F)F)c1. The van der Waals surface area contributed by atoms with Crippen molar-refractivity contribution in [2.45, 2.75) is 24.7 Å². The van der Waals surface area contributed by atoms with E-state index in [-0.39, 0.29) is 21.4 Å². The number of halogens is 9. The first kappa shape index (κ1) is 24.7. The number of alkyl halides is 7. The molecular formula is C16H11BrCl2F6O3. The third-order valence-corrected chi connectivity index (χ3v) is 3.75. The van der Waals surface area contributed by atoms with Crippen LogP contribution in [0.15, 0.2) is 36.4 Å². The molecule has 2 rings (SSSR count). The Morgan fingerprint density at radius 2 is 1.14 bits per heavy atom. The molecule has 0 heterocycles. The molecule has 1 N–H and O–H groups in total. The maximum absolute atomic E-state index is 11.8. The van der Waals surface area contributed by atoms with Crippen LogP contribution in [0.1, 0.15) is 11.1 Å². The first-order chi connectivity index (χ1) is 12.8. The summed E-state index contributed by atoms with van der Waals surface area (Å²) in [7, 11) is 0. The van der Waals surface area contributed by atoms with Gasteiger partial charge in [0.2, 0.25) is 0 Å². The molecule has 0 fully saturated rings. The van der Waals surface area contributed by atoms with Crippen LogP contribution in [0.5, 0.6) is 11.5 Å². The van der Waals surface area contributed by atoms with Crippen LogP contribution in [-0.2, 0) is 11.9 Å². The Morgan fingerprint density at radius 1 is 0.750 bits per heavy atom. The van der Waals surface area contributed by atoms with E-state index in [1.165, 1.54) is 12.1 Å².